The standard InChI is InChI=1S/C27H30F2N8O3S/c1-30-11-5-8-23(38)40-16-36-13-17(12-31-36)27-33-21(15-41-27)26(39)32-20-14-37(18-6-3-2-4-7-18)35-25(20)24-19(28)9-10-22(29)34-24/h9-10,12-15,18,30H,2-8,11,16H2,1H3,(H,32,39). The highest BCUT2D eigenvalue weighted by Gasteiger charge is 2.24. The quantitative estimate of drug-likeness (QED) is 0.146. The molecule has 1 aliphatic carbocycles. The van der Waals surface area contributed by atoms with E-state index in [1.54, 1.807) is 28.7 Å². The molecule has 1 amide bonds. The van der Waals surface area contributed by atoms with E-state index in [2.05, 4.69) is 30.8 Å². The Morgan fingerprint density at radius 1 is 1.12 bits per heavy atom. The van der Waals surface area contributed by atoms with Crippen molar-refractivity contribution in [3.8, 4) is 22.0 Å². The van der Waals surface area contributed by atoms with E-state index in [0.29, 0.717) is 23.4 Å². The summed E-state index contributed by atoms with van der Waals surface area (Å²) in [6.45, 7) is 0.694. The zero-order valence-electron chi connectivity index (χ0n) is 22.5. The highest BCUT2D eigenvalue weighted by atomic mass is 32.1. The van der Waals surface area contributed by atoms with Crippen LogP contribution in [0.2, 0.25) is 0 Å². The Morgan fingerprint density at radius 3 is 2.76 bits per heavy atom. The van der Waals surface area contributed by atoms with Gasteiger partial charge in [0.15, 0.2) is 12.5 Å². The van der Waals surface area contributed by atoms with Crippen LogP contribution in [0, 0.1) is 11.8 Å². The molecule has 0 bridgehead atoms. The van der Waals surface area contributed by atoms with Crippen molar-refractivity contribution in [2.45, 2.75) is 57.7 Å². The van der Waals surface area contributed by atoms with Crippen molar-refractivity contribution >= 4 is 28.9 Å². The molecule has 0 aliphatic heterocycles. The number of aromatic nitrogens is 6. The maximum atomic E-state index is 14.7. The zero-order valence-corrected chi connectivity index (χ0v) is 23.3. The summed E-state index contributed by atoms with van der Waals surface area (Å²) in [5, 5.41) is 16.6. The number of ether oxygens (including phenoxy) is 1. The molecule has 1 fully saturated rings. The lowest BCUT2D eigenvalue weighted by molar-refractivity contribution is -0.148. The number of carbonyl (C=O) groups excluding carboxylic acids is 2. The Hall–Kier alpha value is -4.04. The summed E-state index contributed by atoms with van der Waals surface area (Å²) in [6, 6.07) is 2.02. The SMILES string of the molecule is CNCCCC(=O)OCn1cc(-c2nc(C(=O)Nc3cn(C4CCCCC4)nc3-c3nc(F)ccc3F)cs2)cn1. The van der Waals surface area contributed by atoms with Crippen molar-refractivity contribution in [1.29, 1.82) is 0 Å². The monoisotopic (exact) mass is 584 g/mol. The molecule has 0 saturated heterocycles. The summed E-state index contributed by atoms with van der Waals surface area (Å²) >= 11 is 1.24. The second-order valence-corrected chi connectivity index (χ2v) is 10.6. The molecule has 4 aromatic rings. The lowest BCUT2D eigenvalue weighted by atomic mass is 9.96. The van der Waals surface area contributed by atoms with Crippen LogP contribution < -0.4 is 10.6 Å². The first-order valence-corrected chi connectivity index (χ1v) is 14.3. The van der Waals surface area contributed by atoms with Crippen molar-refractivity contribution in [3.63, 3.8) is 0 Å². The Labute approximate surface area is 239 Å². The number of hydrogen-bond donors (Lipinski definition) is 2. The Kier molecular flexibility index (Phi) is 9.09. The molecule has 4 heterocycles. The number of nitrogens with one attached hydrogen (secondary N) is 2. The van der Waals surface area contributed by atoms with Gasteiger partial charge >= 0.3 is 5.97 Å². The topological polar surface area (TPSA) is 129 Å². The van der Waals surface area contributed by atoms with E-state index < -0.39 is 17.7 Å². The number of rotatable bonds is 11. The molecule has 0 radical (unpaired) electrons. The molecule has 4 aromatic heterocycles. The first-order valence-electron chi connectivity index (χ1n) is 13.4. The number of thiazole rings is 1. The number of anilines is 1. The van der Waals surface area contributed by atoms with Gasteiger partial charge in [0.2, 0.25) is 5.95 Å². The maximum Gasteiger partial charge on any atom is 0.307 e. The highest BCUT2D eigenvalue weighted by Crippen LogP contribution is 2.34. The molecular formula is C27H30F2N8O3S. The van der Waals surface area contributed by atoms with Gasteiger partial charge < -0.3 is 15.4 Å². The van der Waals surface area contributed by atoms with Gasteiger partial charge in [-0.25, -0.2) is 19.0 Å². The minimum atomic E-state index is -0.848. The van der Waals surface area contributed by atoms with Crippen LogP contribution >= 0.6 is 11.3 Å². The molecule has 1 aliphatic rings. The second kappa shape index (κ2) is 13.1. The average molecular weight is 585 g/mol. The van der Waals surface area contributed by atoms with Gasteiger partial charge in [-0.1, -0.05) is 19.3 Å². The molecule has 0 spiro atoms. The van der Waals surface area contributed by atoms with Gasteiger partial charge in [0, 0.05) is 29.8 Å². The van der Waals surface area contributed by atoms with Gasteiger partial charge in [0.1, 0.15) is 22.1 Å². The zero-order chi connectivity index (χ0) is 28.8. The average Bonchev–Trinajstić information content (AvgIpc) is 3.74. The smallest absolute Gasteiger partial charge is 0.307 e. The third-order valence-electron chi connectivity index (χ3n) is 6.75. The van der Waals surface area contributed by atoms with Crippen LogP contribution in [-0.4, -0.2) is 55.0 Å². The predicted molar refractivity (Wildman–Crippen MR) is 148 cm³/mol. The summed E-state index contributed by atoms with van der Waals surface area (Å²) in [7, 11) is 1.82. The number of hydrogen-bond acceptors (Lipinski definition) is 9. The fourth-order valence-electron chi connectivity index (χ4n) is 4.64. The molecule has 5 rings (SSSR count). The van der Waals surface area contributed by atoms with Crippen LogP contribution in [0.5, 0.6) is 0 Å². The number of nitrogens with zero attached hydrogens (tertiary/aromatic N) is 6. The van der Waals surface area contributed by atoms with Crippen LogP contribution in [0.3, 0.4) is 0 Å². The lowest BCUT2D eigenvalue weighted by Crippen LogP contribution is -2.14. The van der Waals surface area contributed by atoms with Gasteiger partial charge in [0.05, 0.1) is 17.9 Å². The van der Waals surface area contributed by atoms with Gasteiger partial charge in [0.25, 0.3) is 5.91 Å². The third kappa shape index (κ3) is 7.00. The van der Waals surface area contributed by atoms with Crippen LogP contribution in [0.25, 0.3) is 22.0 Å². The van der Waals surface area contributed by atoms with E-state index in [1.165, 1.54) is 16.0 Å². The summed E-state index contributed by atoms with van der Waals surface area (Å²) in [5.41, 5.74) is 0.786. The summed E-state index contributed by atoms with van der Waals surface area (Å²) < 4.78 is 37.0. The first-order chi connectivity index (χ1) is 19.9. The maximum absolute atomic E-state index is 14.7. The fourth-order valence-corrected chi connectivity index (χ4v) is 5.41. The van der Waals surface area contributed by atoms with Crippen molar-refractivity contribution in [2.75, 3.05) is 18.9 Å². The molecule has 0 unspecified atom stereocenters. The van der Waals surface area contributed by atoms with Crippen molar-refractivity contribution in [1.82, 2.24) is 34.8 Å². The van der Waals surface area contributed by atoms with Crippen molar-refractivity contribution in [2.24, 2.45) is 0 Å². The first kappa shape index (κ1) is 28.5. The van der Waals surface area contributed by atoms with E-state index in [-0.39, 0.29) is 41.5 Å². The molecule has 0 atom stereocenters. The van der Waals surface area contributed by atoms with E-state index in [0.717, 1.165) is 50.8 Å². The van der Waals surface area contributed by atoms with Gasteiger partial charge in [-0.2, -0.15) is 14.6 Å². The van der Waals surface area contributed by atoms with Crippen molar-refractivity contribution in [3.05, 3.63) is 53.6 Å². The highest BCUT2D eigenvalue weighted by molar-refractivity contribution is 7.13. The van der Waals surface area contributed by atoms with Gasteiger partial charge in [-0.05, 0) is 45.0 Å². The van der Waals surface area contributed by atoms with Crippen LogP contribution in [-0.2, 0) is 16.3 Å². The second-order valence-electron chi connectivity index (χ2n) is 9.74. The molecule has 1 saturated carbocycles. The predicted octanol–water partition coefficient (Wildman–Crippen LogP) is 4.80. The molecule has 216 valence electrons. The molecule has 11 nitrogen and oxygen atoms in total. The normalized spacial score (nSPS) is 13.8. The third-order valence-corrected chi connectivity index (χ3v) is 7.64. The minimum absolute atomic E-state index is 0.0322. The van der Waals surface area contributed by atoms with E-state index in [9.17, 15) is 18.4 Å². The summed E-state index contributed by atoms with van der Waals surface area (Å²) in [4.78, 5) is 33.2. The molecule has 14 heteroatoms. The Balaban J connectivity index is 1.30. The van der Waals surface area contributed by atoms with Gasteiger partial charge in [-0.15, -0.1) is 11.3 Å². The number of amides is 1. The number of carbonyl (C=O) groups is 2. The van der Waals surface area contributed by atoms with Crippen LogP contribution in [0.15, 0.2) is 36.1 Å². The fraction of sp³-hybridized carbons (Fsp3) is 0.407. The van der Waals surface area contributed by atoms with Crippen molar-refractivity contribution < 1.29 is 23.1 Å². The lowest BCUT2D eigenvalue weighted by Gasteiger charge is -2.21. The molecular weight excluding hydrogens is 554 g/mol. The molecule has 41 heavy (non-hydrogen) atoms. The van der Waals surface area contributed by atoms with E-state index in [4.69, 9.17) is 4.74 Å². The van der Waals surface area contributed by atoms with E-state index in [1.807, 2.05) is 7.05 Å². The molecule has 2 N–H and O–H groups in total. The number of esters is 1. The largest absolute Gasteiger partial charge is 0.442 e. The summed E-state index contributed by atoms with van der Waals surface area (Å²) in [6.07, 6.45) is 10.9. The van der Waals surface area contributed by atoms with Crippen LogP contribution in [0.1, 0.15) is 61.5 Å². The minimum Gasteiger partial charge on any atom is -0.442 e. The summed E-state index contributed by atoms with van der Waals surface area (Å²) in [5.74, 6) is -2.44. The number of pyridine rings is 1. The van der Waals surface area contributed by atoms with Gasteiger partial charge in [-0.3, -0.25) is 14.3 Å². The number of halogens is 2. The van der Waals surface area contributed by atoms with Crippen LogP contribution in [0.4, 0.5) is 14.5 Å². The molecule has 0 aromatic carbocycles. The Bertz CT molecular complexity index is 1510. The van der Waals surface area contributed by atoms with E-state index >= 15 is 0 Å². The Morgan fingerprint density at radius 2 is 1.95 bits per heavy atom.